The number of anilines is 2. The Hall–Kier alpha value is -1.81. The molecule has 0 heterocycles. The largest absolute Gasteiger partial charge is 0.489 e. The molecule has 0 fully saturated rings. The second-order valence-electron chi connectivity index (χ2n) is 4.54. The van der Waals surface area contributed by atoms with E-state index in [2.05, 4.69) is 0 Å². The van der Waals surface area contributed by atoms with Crippen molar-refractivity contribution in [2.75, 3.05) is 11.5 Å². The SMILES string of the molecule is CC(C)Oc1cc(Sc2ccc(N)cc2)ccc1N. The van der Waals surface area contributed by atoms with Gasteiger partial charge in [0.25, 0.3) is 0 Å². The maximum atomic E-state index is 5.90. The van der Waals surface area contributed by atoms with Crippen molar-refractivity contribution in [3.05, 3.63) is 42.5 Å². The van der Waals surface area contributed by atoms with Crippen molar-refractivity contribution < 1.29 is 4.74 Å². The third-order valence-corrected chi connectivity index (χ3v) is 3.46. The van der Waals surface area contributed by atoms with Crippen LogP contribution in [0.15, 0.2) is 52.3 Å². The van der Waals surface area contributed by atoms with Crippen molar-refractivity contribution in [2.24, 2.45) is 0 Å². The second-order valence-corrected chi connectivity index (χ2v) is 5.68. The van der Waals surface area contributed by atoms with Crippen LogP contribution in [0.25, 0.3) is 0 Å². The summed E-state index contributed by atoms with van der Waals surface area (Å²) >= 11 is 1.66. The van der Waals surface area contributed by atoms with E-state index in [1.165, 1.54) is 0 Å². The molecule has 0 radical (unpaired) electrons. The van der Waals surface area contributed by atoms with Crippen LogP contribution in [0.2, 0.25) is 0 Å². The van der Waals surface area contributed by atoms with Crippen LogP contribution in [0.4, 0.5) is 11.4 Å². The van der Waals surface area contributed by atoms with E-state index in [1.807, 2.05) is 56.3 Å². The van der Waals surface area contributed by atoms with Gasteiger partial charge < -0.3 is 16.2 Å². The minimum Gasteiger partial charge on any atom is -0.489 e. The van der Waals surface area contributed by atoms with Gasteiger partial charge in [-0.25, -0.2) is 0 Å². The molecule has 0 aliphatic heterocycles. The Bertz CT molecular complexity index is 553. The summed E-state index contributed by atoms with van der Waals surface area (Å²) in [5.74, 6) is 0.732. The lowest BCUT2D eigenvalue weighted by Crippen LogP contribution is -2.07. The molecule has 3 nitrogen and oxygen atoms in total. The van der Waals surface area contributed by atoms with Crippen LogP contribution in [0.5, 0.6) is 5.75 Å². The van der Waals surface area contributed by atoms with Gasteiger partial charge in [0.05, 0.1) is 11.8 Å². The van der Waals surface area contributed by atoms with Crippen molar-refractivity contribution in [3.8, 4) is 5.75 Å². The summed E-state index contributed by atoms with van der Waals surface area (Å²) in [6.07, 6.45) is 0.110. The summed E-state index contributed by atoms with van der Waals surface area (Å²) in [7, 11) is 0. The molecule has 4 heteroatoms. The molecule has 0 atom stereocenters. The van der Waals surface area contributed by atoms with Crippen molar-refractivity contribution in [1.82, 2.24) is 0 Å². The second kappa shape index (κ2) is 5.89. The van der Waals surface area contributed by atoms with Gasteiger partial charge in [-0.05, 0) is 56.3 Å². The van der Waals surface area contributed by atoms with Gasteiger partial charge >= 0.3 is 0 Å². The normalized spacial score (nSPS) is 10.7. The van der Waals surface area contributed by atoms with E-state index in [0.717, 1.165) is 21.2 Å². The average molecular weight is 274 g/mol. The molecule has 0 aliphatic carbocycles. The first-order valence-electron chi connectivity index (χ1n) is 6.14. The summed E-state index contributed by atoms with van der Waals surface area (Å²) in [5, 5.41) is 0. The topological polar surface area (TPSA) is 61.3 Å². The average Bonchev–Trinajstić information content (AvgIpc) is 2.36. The van der Waals surface area contributed by atoms with Crippen LogP contribution in [0.3, 0.4) is 0 Å². The van der Waals surface area contributed by atoms with Gasteiger partial charge in [0.15, 0.2) is 0 Å². The molecule has 0 spiro atoms. The summed E-state index contributed by atoms with van der Waals surface area (Å²) in [6.45, 7) is 3.97. The van der Waals surface area contributed by atoms with Gasteiger partial charge in [-0.15, -0.1) is 0 Å². The fourth-order valence-electron chi connectivity index (χ4n) is 1.61. The minimum absolute atomic E-state index is 0.110. The Morgan fingerprint density at radius 3 is 2.21 bits per heavy atom. The molecule has 2 aromatic carbocycles. The molecule has 4 N–H and O–H groups in total. The van der Waals surface area contributed by atoms with Gasteiger partial charge in [0.1, 0.15) is 5.75 Å². The summed E-state index contributed by atoms with van der Waals surface area (Å²) in [6, 6.07) is 13.6. The summed E-state index contributed by atoms with van der Waals surface area (Å²) in [4.78, 5) is 2.23. The van der Waals surface area contributed by atoms with Crippen LogP contribution >= 0.6 is 11.8 Å². The number of hydrogen-bond donors (Lipinski definition) is 2. The molecule has 0 saturated carbocycles. The lowest BCUT2D eigenvalue weighted by Gasteiger charge is -2.13. The van der Waals surface area contributed by atoms with Crippen molar-refractivity contribution in [1.29, 1.82) is 0 Å². The van der Waals surface area contributed by atoms with Gasteiger partial charge in [-0.2, -0.15) is 0 Å². The molecule has 100 valence electrons. The number of ether oxygens (including phenoxy) is 1. The van der Waals surface area contributed by atoms with Crippen LogP contribution in [0, 0.1) is 0 Å². The fourth-order valence-corrected chi connectivity index (χ4v) is 2.45. The smallest absolute Gasteiger partial charge is 0.143 e. The lowest BCUT2D eigenvalue weighted by molar-refractivity contribution is 0.243. The number of benzene rings is 2. The van der Waals surface area contributed by atoms with Gasteiger partial charge in [0.2, 0.25) is 0 Å². The zero-order chi connectivity index (χ0) is 13.8. The Kier molecular flexibility index (Phi) is 4.22. The van der Waals surface area contributed by atoms with E-state index in [0.29, 0.717) is 5.69 Å². The summed E-state index contributed by atoms with van der Waals surface area (Å²) < 4.78 is 5.68. The van der Waals surface area contributed by atoms with E-state index < -0.39 is 0 Å². The maximum Gasteiger partial charge on any atom is 0.143 e. The first kappa shape index (κ1) is 13.6. The standard InChI is InChI=1S/C15H18N2OS/c1-10(2)18-15-9-13(7-8-14(15)17)19-12-5-3-11(16)4-6-12/h3-10H,16-17H2,1-2H3. The molecule has 0 bridgehead atoms. The Morgan fingerprint density at radius 1 is 0.947 bits per heavy atom. The van der Waals surface area contributed by atoms with E-state index in [4.69, 9.17) is 16.2 Å². The van der Waals surface area contributed by atoms with Gasteiger partial charge in [-0.1, -0.05) is 11.8 Å². The number of nitrogen functional groups attached to an aromatic ring is 2. The van der Waals surface area contributed by atoms with Crippen LogP contribution < -0.4 is 16.2 Å². The highest BCUT2D eigenvalue weighted by atomic mass is 32.2. The van der Waals surface area contributed by atoms with Crippen LogP contribution in [0.1, 0.15) is 13.8 Å². The molecule has 0 unspecified atom stereocenters. The predicted octanol–water partition coefficient (Wildman–Crippen LogP) is 3.79. The molecule has 2 rings (SSSR count). The van der Waals surface area contributed by atoms with E-state index >= 15 is 0 Å². The van der Waals surface area contributed by atoms with E-state index in [9.17, 15) is 0 Å². The third-order valence-electron chi connectivity index (χ3n) is 2.46. The zero-order valence-electron chi connectivity index (χ0n) is 11.1. The third kappa shape index (κ3) is 3.83. The molecule has 0 aromatic heterocycles. The minimum atomic E-state index is 0.110. The van der Waals surface area contributed by atoms with E-state index in [-0.39, 0.29) is 6.10 Å². The van der Waals surface area contributed by atoms with Gasteiger partial charge in [-0.3, -0.25) is 0 Å². The number of hydrogen-bond acceptors (Lipinski definition) is 4. The predicted molar refractivity (Wildman–Crippen MR) is 81.6 cm³/mol. The Labute approximate surface area is 117 Å². The molecule has 19 heavy (non-hydrogen) atoms. The molecule has 0 aliphatic rings. The van der Waals surface area contributed by atoms with Crippen molar-refractivity contribution in [2.45, 2.75) is 29.7 Å². The lowest BCUT2D eigenvalue weighted by atomic mass is 10.3. The molecule has 0 amide bonds. The maximum absolute atomic E-state index is 5.90. The zero-order valence-corrected chi connectivity index (χ0v) is 11.9. The van der Waals surface area contributed by atoms with Crippen molar-refractivity contribution in [3.63, 3.8) is 0 Å². The molecule has 0 saturated heterocycles. The highest BCUT2D eigenvalue weighted by molar-refractivity contribution is 7.99. The molecular weight excluding hydrogens is 256 g/mol. The van der Waals surface area contributed by atoms with Gasteiger partial charge in [0, 0.05) is 15.5 Å². The van der Waals surface area contributed by atoms with E-state index in [1.54, 1.807) is 11.8 Å². The monoisotopic (exact) mass is 274 g/mol. The van der Waals surface area contributed by atoms with Crippen molar-refractivity contribution >= 4 is 23.1 Å². The Morgan fingerprint density at radius 2 is 1.58 bits per heavy atom. The highest BCUT2D eigenvalue weighted by Gasteiger charge is 2.05. The number of rotatable bonds is 4. The van der Waals surface area contributed by atoms with Crippen LogP contribution in [-0.4, -0.2) is 6.10 Å². The first-order valence-corrected chi connectivity index (χ1v) is 6.96. The highest BCUT2D eigenvalue weighted by Crippen LogP contribution is 2.33. The molecule has 2 aromatic rings. The molecular formula is C15H18N2OS. The summed E-state index contributed by atoms with van der Waals surface area (Å²) in [5.41, 5.74) is 13.0. The Balaban J connectivity index is 2.18. The first-order chi connectivity index (χ1) is 9.04. The number of nitrogens with two attached hydrogens (primary N) is 2. The van der Waals surface area contributed by atoms with Crippen LogP contribution in [-0.2, 0) is 0 Å². The fraction of sp³-hybridized carbons (Fsp3) is 0.200. The quantitative estimate of drug-likeness (QED) is 0.833.